The maximum absolute atomic E-state index is 12.8. The Morgan fingerprint density at radius 2 is 1.72 bits per heavy atom. The minimum Gasteiger partial charge on any atom is -0.493 e. The second-order valence-electron chi connectivity index (χ2n) is 7.63. The summed E-state index contributed by atoms with van der Waals surface area (Å²) >= 11 is 0. The molecule has 1 amide bonds. The van der Waals surface area contributed by atoms with E-state index >= 15 is 0 Å². The monoisotopic (exact) mass is 443 g/mol. The topological polar surface area (TPSA) is 112 Å². The molecule has 9 nitrogen and oxygen atoms in total. The maximum Gasteiger partial charge on any atom is 0.286 e. The van der Waals surface area contributed by atoms with Crippen LogP contribution in [0.2, 0.25) is 0 Å². The van der Waals surface area contributed by atoms with Crippen molar-refractivity contribution in [1.29, 1.82) is 0 Å². The highest BCUT2D eigenvalue weighted by atomic mass is 16.6. The van der Waals surface area contributed by atoms with Crippen LogP contribution < -0.4 is 20.1 Å². The molecule has 0 saturated heterocycles. The molecule has 0 aromatic heterocycles. The maximum atomic E-state index is 12.8. The van der Waals surface area contributed by atoms with E-state index < -0.39 is 10.8 Å². The first-order valence-corrected chi connectivity index (χ1v) is 10.7. The highest BCUT2D eigenvalue weighted by Crippen LogP contribution is 2.35. The SMILES string of the molecule is COCCOc1cc([N+](=O)[O-])c(C(=O)Nc2ccc(NC3CCCCC3)cc2)cc1OC. The van der Waals surface area contributed by atoms with E-state index in [2.05, 4.69) is 10.6 Å². The smallest absolute Gasteiger partial charge is 0.286 e. The van der Waals surface area contributed by atoms with Crippen LogP contribution in [0.3, 0.4) is 0 Å². The van der Waals surface area contributed by atoms with Gasteiger partial charge in [-0.3, -0.25) is 14.9 Å². The zero-order valence-corrected chi connectivity index (χ0v) is 18.4. The highest BCUT2D eigenvalue weighted by Gasteiger charge is 2.25. The Balaban J connectivity index is 1.73. The fraction of sp³-hybridized carbons (Fsp3) is 0.435. The molecule has 0 bridgehead atoms. The van der Waals surface area contributed by atoms with Gasteiger partial charge in [-0.15, -0.1) is 0 Å². The molecule has 0 heterocycles. The van der Waals surface area contributed by atoms with Gasteiger partial charge in [-0.05, 0) is 37.1 Å². The summed E-state index contributed by atoms with van der Waals surface area (Å²) in [7, 11) is 2.93. The van der Waals surface area contributed by atoms with E-state index in [9.17, 15) is 14.9 Å². The molecule has 2 aromatic rings. The number of ether oxygens (including phenoxy) is 3. The third kappa shape index (κ3) is 6.10. The number of hydrogen-bond donors (Lipinski definition) is 2. The molecule has 1 aliphatic rings. The molecular weight excluding hydrogens is 414 g/mol. The molecule has 2 N–H and O–H groups in total. The Hall–Kier alpha value is -3.33. The second-order valence-corrected chi connectivity index (χ2v) is 7.63. The van der Waals surface area contributed by atoms with Gasteiger partial charge in [0.25, 0.3) is 11.6 Å². The molecule has 9 heteroatoms. The van der Waals surface area contributed by atoms with Gasteiger partial charge < -0.3 is 24.8 Å². The number of methoxy groups -OCH3 is 2. The van der Waals surface area contributed by atoms with E-state index in [1.807, 2.05) is 12.1 Å². The number of hydrogen-bond acceptors (Lipinski definition) is 7. The number of carbonyl (C=O) groups is 1. The Labute approximate surface area is 187 Å². The van der Waals surface area contributed by atoms with Crippen LogP contribution in [0, 0.1) is 10.1 Å². The predicted molar refractivity (Wildman–Crippen MR) is 122 cm³/mol. The van der Waals surface area contributed by atoms with Crippen molar-refractivity contribution in [3.8, 4) is 11.5 Å². The third-order valence-electron chi connectivity index (χ3n) is 5.39. The first-order valence-electron chi connectivity index (χ1n) is 10.7. The van der Waals surface area contributed by atoms with Gasteiger partial charge in [0.1, 0.15) is 12.2 Å². The van der Waals surface area contributed by atoms with Crippen molar-refractivity contribution in [1.82, 2.24) is 0 Å². The average Bonchev–Trinajstić information content (AvgIpc) is 2.80. The number of anilines is 2. The van der Waals surface area contributed by atoms with Gasteiger partial charge in [0.2, 0.25) is 0 Å². The molecule has 172 valence electrons. The fourth-order valence-electron chi connectivity index (χ4n) is 3.72. The van der Waals surface area contributed by atoms with E-state index in [0.29, 0.717) is 18.3 Å². The van der Waals surface area contributed by atoms with Gasteiger partial charge in [0.05, 0.1) is 24.7 Å². The molecule has 1 saturated carbocycles. The highest BCUT2D eigenvalue weighted by molar-refractivity contribution is 6.07. The van der Waals surface area contributed by atoms with Crippen LogP contribution in [0.4, 0.5) is 17.1 Å². The summed E-state index contributed by atoms with van der Waals surface area (Å²) in [5.74, 6) is -0.207. The molecule has 3 rings (SSSR count). The van der Waals surface area contributed by atoms with Crippen molar-refractivity contribution >= 4 is 23.0 Å². The fourth-order valence-corrected chi connectivity index (χ4v) is 3.72. The molecule has 0 unspecified atom stereocenters. The summed E-state index contributed by atoms with van der Waals surface area (Å²) in [4.78, 5) is 23.8. The molecule has 0 radical (unpaired) electrons. The lowest BCUT2D eigenvalue weighted by molar-refractivity contribution is -0.385. The van der Waals surface area contributed by atoms with Gasteiger partial charge in [0, 0.05) is 30.6 Å². The Kier molecular flexibility index (Phi) is 8.27. The number of carbonyl (C=O) groups excluding carboxylic acids is 1. The first kappa shape index (κ1) is 23.3. The predicted octanol–water partition coefficient (Wildman–Crippen LogP) is 4.63. The lowest BCUT2D eigenvalue weighted by Gasteiger charge is -2.23. The minimum atomic E-state index is -0.616. The third-order valence-corrected chi connectivity index (χ3v) is 5.39. The molecule has 0 atom stereocenters. The lowest BCUT2D eigenvalue weighted by atomic mass is 9.95. The molecule has 32 heavy (non-hydrogen) atoms. The summed E-state index contributed by atoms with van der Waals surface area (Å²) in [6, 6.07) is 10.3. The van der Waals surface area contributed by atoms with Crippen molar-refractivity contribution in [2.45, 2.75) is 38.1 Å². The zero-order chi connectivity index (χ0) is 22.9. The van der Waals surface area contributed by atoms with Crippen LogP contribution in [0.25, 0.3) is 0 Å². The van der Waals surface area contributed by atoms with E-state index in [1.54, 1.807) is 12.1 Å². The molecule has 1 aliphatic carbocycles. The number of nitro groups is 1. The van der Waals surface area contributed by atoms with Gasteiger partial charge in [-0.25, -0.2) is 0 Å². The van der Waals surface area contributed by atoms with Crippen LogP contribution in [-0.4, -0.2) is 44.3 Å². The van der Waals surface area contributed by atoms with Crippen molar-refractivity contribution in [3.05, 3.63) is 52.1 Å². The molecular formula is C23H29N3O6. The number of nitrogens with one attached hydrogen (secondary N) is 2. The Morgan fingerprint density at radius 1 is 1.03 bits per heavy atom. The summed E-state index contributed by atoms with van der Waals surface area (Å²) in [5.41, 5.74) is 1.04. The van der Waals surface area contributed by atoms with Gasteiger partial charge in [0.15, 0.2) is 11.5 Å². The largest absolute Gasteiger partial charge is 0.493 e. The van der Waals surface area contributed by atoms with Gasteiger partial charge >= 0.3 is 0 Å². The average molecular weight is 444 g/mol. The Morgan fingerprint density at radius 3 is 2.34 bits per heavy atom. The van der Waals surface area contributed by atoms with Crippen molar-refractivity contribution < 1.29 is 23.9 Å². The zero-order valence-electron chi connectivity index (χ0n) is 18.4. The van der Waals surface area contributed by atoms with E-state index in [4.69, 9.17) is 14.2 Å². The number of amides is 1. The normalized spacial score (nSPS) is 13.9. The van der Waals surface area contributed by atoms with Crippen LogP contribution in [-0.2, 0) is 4.74 Å². The number of rotatable bonds is 10. The van der Waals surface area contributed by atoms with Crippen LogP contribution in [0.15, 0.2) is 36.4 Å². The standard InChI is InChI=1S/C23H29N3O6/c1-30-12-13-32-22-15-20(26(28)29)19(14-21(22)31-2)23(27)25-18-10-8-17(9-11-18)24-16-6-4-3-5-7-16/h8-11,14-16,24H,3-7,12-13H2,1-2H3,(H,25,27). The van der Waals surface area contributed by atoms with Gasteiger partial charge in [-0.1, -0.05) is 19.3 Å². The van der Waals surface area contributed by atoms with Crippen molar-refractivity contribution in [2.24, 2.45) is 0 Å². The van der Waals surface area contributed by atoms with Gasteiger partial charge in [-0.2, -0.15) is 0 Å². The number of nitro benzene ring substituents is 1. The first-order chi connectivity index (χ1) is 15.5. The summed E-state index contributed by atoms with van der Waals surface area (Å²) in [6.45, 7) is 0.502. The van der Waals surface area contributed by atoms with Crippen molar-refractivity contribution in [2.75, 3.05) is 38.1 Å². The lowest BCUT2D eigenvalue weighted by Crippen LogP contribution is -2.22. The summed E-state index contributed by atoms with van der Waals surface area (Å²) in [6.07, 6.45) is 6.10. The van der Waals surface area contributed by atoms with E-state index in [-0.39, 0.29) is 29.4 Å². The van der Waals surface area contributed by atoms with E-state index in [1.165, 1.54) is 45.6 Å². The minimum absolute atomic E-state index is 0.115. The molecule has 0 spiro atoms. The van der Waals surface area contributed by atoms with Crippen LogP contribution >= 0.6 is 0 Å². The van der Waals surface area contributed by atoms with Crippen LogP contribution in [0.1, 0.15) is 42.5 Å². The number of nitrogens with zero attached hydrogens (tertiary/aromatic N) is 1. The second kappa shape index (κ2) is 11.3. The Bertz CT molecular complexity index is 926. The quantitative estimate of drug-likeness (QED) is 0.313. The summed E-state index contributed by atoms with van der Waals surface area (Å²) in [5, 5.41) is 17.8. The summed E-state index contributed by atoms with van der Waals surface area (Å²) < 4.78 is 15.7. The van der Waals surface area contributed by atoms with Crippen molar-refractivity contribution in [3.63, 3.8) is 0 Å². The number of benzene rings is 2. The van der Waals surface area contributed by atoms with E-state index in [0.717, 1.165) is 18.5 Å². The van der Waals surface area contributed by atoms with Crippen LogP contribution in [0.5, 0.6) is 11.5 Å². The molecule has 2 aromatic carbocycles. The molecule has 1 fully saturated rings. The molecule has 0 aliphatic heterocycles.